The quantitative estimate of drug-likeness (QED) is 0.805. The zero-order valence-electron chi connectivity index (χ0n) is 11.0. The van der Waals surface area contributed by atoms with Gasteiger partial charge in [0.15, 0.2) is 0 Å². The van der Waals surface area contributed by atoms with Crippen molar-refractivity contribution in [3.05, 3.63) is 34.9 Å². The van der Waals surface area contributed by atoms with Gasteiger partial charge in [0.1, 0.15) is 0 Å². The fraction of sp³-hybridized carbons (Fsp3) is 0.571. The Hall–Kier alpha value is -0.220. The first kappa shape index (κ1) is 15.8. The van der Waals surface area contributed by atoms with Crippen molar-refractivity contribution in [1.82, 2.24) is 0 Å². The maximum absolute atomic E-state index is 8.99. The Kier molecular flexibility index (Phi) is 7.08. The van der Waals surface area contributed by atoms with Crippen LogP contribution in [0.3, 0.4) is 0 Å². The highest BCUT2D eigenvalue weighted by Crippen LogP contribution is 2.36. The molecular formula is C14H22ClNOS. The van der Waals surface area contributed by atoms with Gasteiger partial charge in [-0.3, -0.25) is 0 Å². The number of halogens is 1. The van der Waals surface area contributed by atoms with Gasteiger partial charge in [0, 0.05) is 28.2 Å². The molecule has 4 heteroatoms. The summed E-state index contributed by atoms with van der Waals surface area (Å²) in [5, 5.41) is 10.4. The minimum atomic E-state index is 0.123. The molecule has 0 aliphatic heterocycles. The summed E-state index contributed by atoms with van der Waals surface area (Å²) < 4.78 is 0. The van der Waals surface area contributed by atoms with Crippen molar-refractivity contribution in [2.45, 2.75) is 43.2 Å². The summed E-state index contributed by atoms with van der Waals surface area (Å²) in [7, 11) is 0. The van der Waals surface area contributed by atoms with Crippen molar-refractivity contribution in [1.29, 1.82) is 0 Å². The summed E-state index contributed by atoms with van der Waals surface area (Å²) in [6.45, 7) is 4.46. The molecule has 0 bridgehead atoms. The summed E-state index contributed by atoms with van der Waals surface area (Å²) in [6.07, 6.45) is 1.73. The Morgan fingerprint density at radius 1 is 1.33 bits per heavy atom. The molecule has 0 aromatic heterocycles. The van der Waals surface area contributed by atoms with Gasteiger partial charge >= 0.3 is 0 Å². The number of rotatable bonds is 7. The minimum absolute atomic E-state index is 0.123. The van der Waals surface area contributed by atoms with Crippen LogP contribution in [0.15, 0.2) is 24.3 Å². The van der Waals surface area contributed by atoms with E-state index >= 15 is 0 Å². The SMILES string of the molecule is CCC(N)C(SC(C)CCO)c1ccc(Cl)cc1. The molecule has 3 N–H and O–H groups in total. The lowest BCUT2D eigenvalue weighted by Gasteiger charge is -2.26. The van der Waals surface area contributed by atoms with Crippen LogP contribution < -0.4 is 5.73 Å². The molecule has 18 heavy (non-hydrogen) atoms. The number of aliphatic hydroxyl groups excluding tert-OH is 1. The maximum Gasteiger partial charge on any atom is 0.0450 e. The van der Waals surface area contributed by atoms with Crippen LogP contribution >= 0.6 is 23.4 Å². The van der Waals surface area contributed by atoms with E-state index in [2.05, 4.69) is 13.8 Å². The Morgan fingerprint density at radius 3 is 2.44 bits per heavy atom. The molecule has 0 heterocycles. The molecule has 102 valence electrons. The fourth-order valence-electron chi connectivity index (χ4n) is 1.79. The molecule has 2 nitrogen and oxygen atoms in total. The predicted octanol–water partition coefficient (Wildman–Crippen LogP) is 3.62. The van der Waals surface area contributed by atoms with Crippen LogP contribution in [0.25, 0.3) is 0 Å². The molecule has 0 amide bonds. The molecule has 0 aliphatic carbocycles. The minimum Gasteiger partial charge on any atom is -0.396 e. The van der Waals surface area contributed by atoms with Crippen LogP contribution in [-0.4, -0.2) is 23.0 Å². The summed E-state index contributed by atoms with van der Waals surface area (Å²) in [6, 6.07) is 8.02. The standard InChI is InChI=1S/C14H22ClNOS/c1-3-13(16)14(18-10(2)8-9-17)11-4-6-12(15)7-5-11/h4-7,10,13-14,17H,3,8-9,16H2,1-2H3. The first-order valence-corrected chi connectivity index (χ1v) is 7.68. The van der Waals surface area contributed by atoms with Gasteiger partial charge in [0.2, 0.25) is 0 Å². The Labute approximate surface area is 119 Å². The van der Waals surface area contributed by atoms with Crippen molar-refractivity contribution < 1.29 is 5.11 Å². The maximum atomic E-state index is 8.99. The molecule has 1 aromatic rings. The number of thioether (sulfide) groups is 1. The third-order valence-corrected chi connectivity index (χ3v) is 4.84. The summed E-state index contributed by atoms with van der Waals surface area (Å²) in [5.74, 6) is 0. The molecule has 0 saturated carbocycles. The summed E-state index contributed by atoms with van der Waals surface area (Å²) in [5.41, 5.74) is 7.43. The molecule has 0 aliphatic rings. The number of hydrogen-bond acceptors (Lipinski definition) is 3. The van der Waals surface area contributed by atoms with Crippen molar-refractivity contribution >= 4 is 23.4 Å². The third-order valence-electron chi connectivity index (χ3n) is 2.97. The van der Waals surface area contributed by atoms with E-state index in [0.717, 1.165) is 17.9 Å². The smallest absolute Gasteiger partial charge is 0.0450 e. The second kappa shape index (κ2) is 8.05. The van der Waals surface area contributed by atoms with Gasteiger partial charge in [-0.25, -0.2) is 0 Å². The molecule has 3 unspecified atom stereocenters. The molecule has 3 atom stereocenters. The Balaban J connectivity index is 2.80. The Morgan fingerprint density at radius 2 is 1.94 bits per heavy atom. The van der Waals surface area contributed by atoms with Crippen LogP contribution in [0.4, 0.5) is 0 Å². The van der Waals surface area contributed by atoms with Crippen molar-refractivity contribution in [2.75, 3.05) is 6.61 Å². The van der Waals surface area contributed by atoms with Gasteiger partial charge in [-0.1, -0.05) is 37.6 Å². The van der Waals surface area contributed by atoms with Gasteiger partial charge in [0.05, 0.1) is 0 Å². The second-order valence-electron chi connectivity index (χ2n) is 4.50. The summed E-state index contributed by atoms with van der Waals surface area (Å²) >= 11 is 7.75. The monoisotopic (exact) mass is 287 g/mol. The summed E-state index contributed by atoms with van der Waals surface area (Å²) in [4.78, 5) is 0. The van der Waals surface area contributed by atoms with Crippen LogP contribution in [-0.2, 0) is 0 Å². The average Bonchev–Trinajstić information content (AvgIpc) is 2.36. The van der Waals surface area contributed by atoms with E-state index in [1.165, 1.54) is 5.56 Å². The number of aliphatic hydroxyl groups is 1. The van der Waals surface area contributed by atoms with E-state index in [1.54, 1.807) is 0 Å². The van der Waals surface area contributed by atoms with E-state index in [4.69, 9.17) is 22.4 Å². The molecule has 0 fully saturated rings. The molecule has 1 aromatic carbocycles. The molecule has 0 radical (unpaired) electrons. The van der Waals surface area contributed by atoms with Crippen LogP contribution in [0.5, 0.6) is 0 Å². The number of benzene rings is 1. The zero-order valence-corrected chi connectivity index (χ0v) is 12.5. The molecule has 0 saturated heterocycles. The highest BCUT2D eigenvalue weighted by atomic mass is 35.5. The zero-order chi connectivity index (χ0) is 13.5. The van der Waals surface area contributed by atoms with Gasteiger partial charge in [-0.05, 0) is 30.5 Å². The van der Waals surface area contributed by atoms with Crippen LogP contribution in [0.1, 0.15) is 37.5 Å². The average molecular weight is 288 g/mol. The van der Waals surface area contributed by atoms with E-state index in [0.29, 0.717) is 5.25 Å². The number of hydrogen-bond donors (Lipinski definition) is 2. The Bertz CT molecular complexity index is 344. The highest BCUT2D eigenvalue weighted by molar-refractivity contribution is 8.00. The normalized spacial score (nSPS) is 16.3. The second-order valence-corrected chi connectivity index (χ2v) is 6.52. The first-order valence-electron chi connectivity index (χ1n) is 6.35. The van der Waals surface area contributed by atoms with Gasteiger partial charge in [0.25, 0.3) is 0 Å². The lowest BCUT2D eigenvalue weighted by molar-refractivity contribution is 0.288. The van der Waals surface area contributed by atoms with Crippen molar-refractivity contribution in [3.8, 4) is 0 Å². The van der Waals surface area contributed by atoms with E-state index in [-0.39, 0.29) is 17.9 Å². The lowest BCUT2D eigenvalue weighted by Crippen LogP contribution is -2.27. The first-order chi connectivity index (χ1) is 8.58. The van der Waals surface area contributed by atoms with E-state index in [1.807, 2.05) is 36.0 Å². The lowest BCUT2D eigenvalue weighted by atomic mass is 10.0. The highest BCUT2D eigenvalue weighted by Gasteiger charge is 2.21. The fourth-order valence-corrected chi connectivity index (χ4v) is 3.37. The predicted molar refractivity (Wildman–Crippen MR) is 81.2 cm³/mol. The number of nitrogens with two attached hydrogens (primary N) is 1. The van der Waals surface area contributed by atoms with Crippen molar-refractivity contribution in [3.63, 3.8) is 0 Å². The van der Waals surface area contributed by atoms with E-state index in [9.17, 15) is 0 Å². The van der Waals surface area contributed by atoms with Crippen LogP contribution in [0, 0.1) is 0 Å². The van der Waals surface area contributed by atoms with Crippen LogP contribution in [0.2, 0.25) is 5.02 Å². The molecular weight excluding hydrogens is 266 g/mol. The molecule has 0 spiro atoms. The largest absolute Gasteiger partial charge is 0.396 e. The van der Waals surface area contributed by atoms with Crippen molar-refractivity contribution in [2.24, 2.45) is 5.73 Å². The van der Waals surface area contributed by atoms with E-state index < -0.39 is 0 Å². The third kappa shape index (κ3) is 4.81. The van der Waals surface area contributed by atoms with Gasteiger partial charge < -0.3 is 10.8 Å². The van der Waals surface area contributed by atoms with Gasteiger partial charge in [-0.15, -0.1) is 11.8 Å². The van der Waals surface area contributed by atoms with Gasteiger partial charge in [-0.2, -0.15) is 0 Å². The molecule has 1 rings (SSSR count). The topological polar surface area (TPSA) is 46.2 Å².